The summed E-state index contributed by atoms with van der Waals surface area (Å²) in [6.45, 7) is 0. The van der Waals surface area contributed by atoms with Gasteiger partial charge in [-0.3, -0.25) is 9.48 Å². The van der Waals surface area contributed by atoms with Gasteiger partial charge >= 0.3 is 0 Å². The van der Waals surface area contributed by atoms with Gasteiger partial charge in [0.15, 0.2) is 0 Å². The monoisotopic (exact) mass is 244 g/mol. The lowest BCUT2D eigenvalue weighted by Gasteiger charge is -2.21. The molecule has 0 bridgehead atoms. The number of halogens is 1. The SMILES string of the molecule is Cl.Cn1cc(NC(=O)C2(N)CCCC2)cn1. The van der Waals surface area contributed by atoms with Crippen LogP contribution in [0.5, 0.6) is 0 Å². The van der Waals surface area contributed by atoms with E-state index < -0.39 is 5.54 Å². The third kappa shape index (κ3) is 2.54. The quantitative estimate of drug-likeness (QED) is 0.817. The maximum Gasteiger partial charge on any atom is 0.244 e. The van der Waals surface area contributed by atoms with Gasteiger partial charge in [0.25, 0.3) is 0 Å². The van der Waals surface area contributed by atoms with Crippen molar-refractivity contribution in [3.63, 3.8) is 0 Å². The number of rotatable bonds is 2. The molecule has 3 N–H and O–H groups in total. The van der Waals surface area contributed by atoms with Crippen molar-refractivity contribution in [1.82, 2.24) is 9.78 Å². The zero-order valence-electron chi connectivity index (χ0n) is 9.27. The van der Waals surface area contributed by atoms with Crippen LogP contribution >= 0.6 is 12.4 Å². The Kier molecular flexibility index (Phi) is 3.93. The highest BCUT2D eigenvalue weighted by molar-refractivity contribution is 5.97. The zero-order valence-corrected chi connectivity index (χ0v) is 10.1. The summed E-state index contributed by atoms with van der Waals surface area (Å²) in [6, 6.07) is 0. The summed E-state index contributed by atoms with van der Waals surface area (Å²) in [7, 11) is 1.81. The largest absolute Gasteiger partial charge is 0.322 e. The molecule has 16 heavy (non-hydrogen) atoms. The van der Waals surface area contributed by atoms with Crippen LogP contribution in [0.4, 0.5) is 5.69 Å². The van der Waals surface area contributed by atoms with E-state index in [9.17, 15) is 4.79 Å². The van der Waals surface area contributed by atoms with E-state index in [4.69, 9.17) is 5.73 Å². The Morgan fingerprint density at radius 2 is 2.19 bits per heavy atom. The zero-order chi connectivity index (χ0) is 10.9. The van der Waals surface area contributed by atoms with Gasteiger partial charge in [0.05, 0.1) is 17.4 Å². The Morgan fingerprint density at radius 1 is 1.56 bits per heavy atom. The molecule has 5 nitrogen and oxygen atoms in total. The van der Waals surface area contributed by atoms with Gasteiger partial charge in [-0.15, -0.1) is 12.4 Å². The predicted molar refractivity (Wildman–Crippen MR) is 64.5 cm³/mol. The van der Waals surface area contributed by atoms with Crippen LogP contribution in [-0.4, -0.2) is 21.2 Å². The maximum atomic E-state index is 11.9. The van der Waals surface area contributed by atoms with E-state index in [1.807, 2.05) is 7.05 Å². The van der Waals surface area contributed by atoms with Crippen molar-refractivity contribution in [2.75, 3.05) is 5.32 Å². The van der Waals surface area contributed by atoms with Gasteiger partial charge < -0.3 is 11.1 Å². The molecule has 1 heterocycles. The molecule has 0 spiro atoms. The fourth-order valence-corrected chi connectivity index (χ4v) is 1.97. The number of aryl methyl sites for hydroxylation is 1. The number of hydrogen-bond donors (Lipinski definition) is 2. The van der Waals surface area contributed by atoms with Gasteiger partial charge in [0.2, 0.25) is 5.91 Å². The second kappa shape index (κ2) is 4.84. The number of carbonyl (C=O) groups excluding carboxylic acids is 1. The molecule has 1 aromatic heterocycles. The van der Waals surface area contributed by atoms with Crippen molar-refractivity contribution in [2.24, 2.45) is 12.8 Å². The minimum absolute atomic E-state index is 0. The third-order valence-corrected chi connectivity index (χ3v) is 2.91. The summed E-state index contributed by atoms with van der Waals surface area (Å²) in [5, 5.41) is 6.78. The number of nitrogens with one attached hydrogen (secondary N) is 1. The molecule has 1 amide bonds. The van der Waals surface area contributed by atoms with E-state index in [0.29, 0.717) is 5.69 Å². The third-order valence-electron chi connectivity index (χ3n) is 2.91. The Bertz CT molecular complexity index is 371. The van der Waals surface area contributed by atoms with Gasteiger partial charge in [0.1, 0.15) is 0 Å². The normalized spacial score (nSPS) is 17.9. The van der Waals surface area contributed by atoms with Crippen LogP contribution in [0.25, 0.3) is 0 Å². The van der Waals surface area contributed by atoms with Crippen molar-refractivity contribution in [3.05, 3.63) is 12.4 Å². The molecule has 1 saturated carbocycles. The Labute approximate surface area is 101 Å². The molecule has 0 atom stereocenters. The number of anilines is 1. The molecular weight excluding hydrogens is 228 g/mol. The molecule has 1 aliphatic rings. The van der Waals surface area contributed by atoms with Crippen LogP contribution in [0.1, 0.15) is 25.7 Å². The van der Waals surface area contributed by atoms with Crippen LogP contribution in [0.2, 0.25) is 0 Å². The highest BCUT2D eigenvalue weighted by Crippen LogP contribution is 2.28. The van der Waals surface area contributed by atoms with Crippen LogP contribution in [0.15, 0.2) is 12.4 Å². The van der Waals surface area contributed by atoms with Crippen molar-refractivity contribution in [3.8, 4) is 0 Å². The maximum absolute atomic E-state index is 11.9. The first kappa shape index (κ1) is 13.0. The number of hydrogen-bond acceptors (Lipinski definition) is 3. The van der Waals surface area contributed by atoms with Crippen LogP contribution < -0.4 is 11.1 Å². The molecule has 0 aliphatic heterocycles. The number of amides is 1. The molecule has 1 fully saturated rings. The van der Waals surface area contributed by atoms with Crippen LogP contribution in [0.3, 0.4) is 0 Å². The molecular formula is C10H17ClN4O. The molecule has 0 radical (unpaired) electrons. The predicted octanol–water partition coefficient (Wildman–Crippen LogP) is 1.05. The van der Waals surface area contributed by atoms with E-state index >= 15 is 0 Å². The first-order valence-corrected chi connectivity index (χ1v) is 5.19. The minimum atomic E-state index is -0.671. The second-order valence-electron chi connectivity index (χ2n) is 4.22. The standard InChI is InChI=1S/C10H16N4O.ClH/c1-14-7-8(6-12-14)13-9(15)10(11)4-2-3-5-10;/h6-7H,2-5,11H2,1H3,(H,13,15);1H. The minimum Gasteiger partial charge on any atom is -0.322 e. The summed E-state index contributed by atoms with van der Waals surface area (Å²) in [4.78, 5) is 11.9. The van der Waals surface area contributed by atoms with Gasteiger partial charge in [0, 0.05) is 13.2 Å². The van der Waals surface area contributed by atoms with Crippen molar-refractivity contribution in [2.45, 2.75) is 31.2 Å². The summed E-state index contributed by atoms with van der Waals surface area (Å²) >= 11 is 0. The Balaban J connectivity index is 0.00000128. The molecule has 0 aromatic carbocycles. The number of aromatic nitrogens is 2. The fraction of sp³-hybridized carbons (Fsp3) is 0.600. The number of nitrogens with two attached hydrogens (primary N) is 1. The van der Waals surface area contributed by atoms with Crippen LogP contribution in [-0.2, 0) is 11.8 Å². The van der Waals surface area contributed by atoms with Crippen molar-refractivity contribution >= 4 is 24.0 Å². The molecule has 0 saturated heterocycles. The lowest BCUT2D eigenvalue weighted by Crippen LogP contribution is -2.48. The summed E-state index contributed by atoms with van der Waals surface area (Å²) < 4.78 is 1.65. The lowest BCUT2D eigenvalue weighted by molar-refractivity contribution is -0.121. The first-order chi connectivity index (χ1) is 7.10. The molecule has 90 valence electrons. The smallest absolute Gasteiger partial charge is 0.244 e. The second-order valence-corrected chi connectivity index (χ2v) is 4.22. The fourth-order valence-electron chi connectivity index (χ4n) is 1.97. The van der Waals surface area contributed by atoms with E-state index in [1.54, 1.807) is 17.1 Å². The summed E-state index contributed by atoms with van der Waals surface area (Å²) in [5.41, 5.74) is 6.05. The Morgan fingerprint density at radius 3 is 2.69 bits per heavy atom. The van der Waals surface area contributed by atoms with E-state index in [2.05, 4.69) is 10.4 Å². The van der Waals surface area contributed by atoms with Gasteiger partial charge in [-0.2, -0.15) is 5.10 Å². The average molecular weight is 245 g/mol. The molecule has 6 heteroatoms. The first-order valence-electron chi connectivity index (χ1n) is 5.19. The van der Waals surface area contributed by atoms with Gasteiger partial charge in [-0.1, -0.05) is 12.8 Å². The van der Waals surface area contributed by atoms with E-state index in [0.717, 1.165) is 25.7 Å². The van der Waals surface area contributed by atoms with Crippen molar-refractivity contribution < 1.29 is 4.79 Å². The Hall–Kier alpha value is -1.07. The van der Waals surface area contributed by atoms with Crippen molar-refractivity contribution in [1.29, 1.82) is 0 Å². The molecule has 1 aromatic rings. The molecule has 2 rings (SSSR count). The topological polar surface area (TPSA) is 72.9 Å². The summed E-state index contributed by atoms with van der Waals surface area (Å²) in [6.07, 6.45) is 7.01. The summed E-state index contributed by atoms with van der Waals surface area (Å²) in [5.74, 6) is -0.0898. The molecule has 0 unspecified atom stereocenters. The molecule has 1 aliphatic carbocycles. The average Bonchev–Trinajstić information content (AvgIpc) is 2.76. The lowest BCUT2D eigenvalue weighted by atomic mass is 9.98. The van der Waals surface area contributed by atoms with E-state index in [1.165, 1.54) is 0 Å². The van der Waals surface area contributed by atoms with Gasteiger partial charge in [-0.05, 0) is 12.8 Å². The van der Waals surface area contributed by atoms with Gasteiger partial charge in [-0.25, -0.2) is 0 Å². The highest BCUT2D eigenvalue weighted by atomic mass is 35.5. The highest BCUT2D eigenvalue weighted by Gasteiger charge is 2.37. The number of nitrogens with zero attached hydrogens (tertiary/aromatic N) is 2. The number of carbonyl (C=O) groups is 1. The van der Waals surface area contributed by atoms with Crippen LogP contribution in [0, 0.1) is 0 Å². The van der Waals surface area contributed by atoms with E-state index in [-0.39, 0.29) is 18.3 Å².